The van der Waals surface area contributed by atoms with E-state index in [2.05, 4.69) is 10.6 Å². The molecule has 168 valence electrons. The molecule has 0 saturated carbocycles. The van der Waals surface area contributed by atoms with Crippen LogP contribution in [0.5, 0.6) is 0 Å². The molecule has 0 spiro atoms. The summed E-state index contributed by atoms with van der Waals surface area (Å²) in [6, 6.07) is 11.2. The Bertz CT molecular complexity index is 861. The zero-order chi connectivity index (χ0) is 22.1. The van der Waals surface area contributed by atoms with Crippen LogP contribution in [0.3, 0.4) is 0 Å². The van der Waals surface area contributed by atoms with E-state index in [0.717, 1.165) is 5.56 Å². The first-order valence-corrected chi connectivity index (χ1v) is 9.44. The van der Waals surface area contributed by atoms with Gasteiger partial charge in [0.15, 0.2) is 18.4 Å². The van der Waals surface area contributed by atoms with Crippen molar-refractivity contribution >= 4 is 18.0 Å². The minimum absolute atomic E-state index is 0. The highest BCUT2D eigenvalue weighted by molar-refractivity contribution is 5.96. The lowest BCUT2D eigenvalue weighted by atomic mass is 10.1. The van der Waals surface area contributed by atoms with Crippen LogP contribution >= 0.6 is 0 Å². The highest BCUT2D eigenvalue weighted by Crippen LogP contribution is 2.03. The summed E-state index contributed by atoms with van der Waals surface area (Å²) in [7, 11) is 0. The molecule has 0 aliphatic rings. The van der Waals surface area contributed by atoms with E-state index >= 15 is 0 Å². The van der Waals surface area contributed by atoms with E-state index in [-0.39, 0.29) is 30.7 Å². The van der Waals surface area contributed by atoms with Gasteiger partial charge in [0.1, 0.15) is 0 Å². The SMILES string of the molecule is C[C@@H](Cc1ccccc1)NC(=O)OC[n+]1ccc(C(=O)N[C@H](C(=O)O)[C@@H](C)O)cc1.[Cl-]. The number of aromatic nitrogens is 1. The zero-order valence-corrected chi connectivity index (χ0v) is 18.0. The van der Waals surface area contributed by atoms with Gasteiger partial charge in [0.25, 0.3) is 12.6 Å². The molecule has 1 aromatic heterocycles. The van der Waals surface area contributed by atoms with Crippen molar-refractivity contribution in [3.63, 3.8) is 0 Å². The number of nitrogens with zero attached hydrogens (tertiary/aromatic N) is 1. The highest BCUT2D eigenvalue weighted by atomic mass is 35.5. The van der Waals surface area contributed by atoms with Crippen molar-refractivity contribution in [2.75, 3.05) is 0 Å². The van der Waals surface area contributed by atoms with Crippen LogP contribution in [0, 0.1) is 0 Å². The van der Waals surface area contributed by atoms with Crippen molar-refractivity contribution in [1.82, 2.24) is 10.6 Å². The Kier molecular flexibility index (Phi) is 10.4. The number of aliphatic hydroxyl groups is 1. The van der Waals surface area contributed by atoms with Crippen LogP contribution in [0.25, 0.3) is 0 Å². The molecule has 2 rings (SSSR count). The van der Waals surface area contributed by atoms with Gasteiger partial charge in [-0.15, -0.1) is 0 Å². The van der Waals surface area contributed by atoms with Gasteiger partial charge in [0, 0.05) is 18.2 Å². The van der Waals surface area contributed by atoms with E-state index in [4.69, 9.17) is 9.84 Å². The lowest BCUT2D eigenvalue weighted by Crippen LogP contribution is -3.00. The smallest absolute Gasteiger partial charge is 0.412 e. The number of alkyl carbamates (subject to hydrolysis) is 1. The molecule has 10 heteroatoms. The molecule has 1 heterocycles. The van der Waals surface area contributed by atoms with Gasteiger partial charge in [-0.3, -0.25) is 4.79 Å². The molecule has 0 unspecified atom stereocenters. The highest BCUT2D eigenvalue weighted by Gasteiger charge is 2.25. The van der Waals surface area contributed by atoms with Gasteiger partial charge in [-0.05, 0) is 25.8 Å². The van der Waals surface area contributed by atoms with E-state index in [1.165, 1.54) is 31.5 Å². The zero-order valence-electron chi connectivity index (χ0n) is 17.2. The topological polar surface area (TPSA) is 129 Å². The number of ether oxygens (including phenoxy) is 1. The fraction of sp³-hybridized carbons (Fsp3) is 0.333. The first-order chi connectivity index (χ1) is 14.3. The first kappa shape index (κ1) is 25.9. The van der Waals surface area contributed by atoms with E-state index in [0.29, 0.717) is 6.42 Å². The second-order valence-corrected chi connectivity index (χ2v) is 6.93. The van der Waals surface area contributed by atoms with Gasteiger partial charge in [-0.25, -0.2) is 9.59 Å². The number of nitrogens with one attached hydrogen (secondary N) is 2. The molecule has 2 aromatic rings. The van der Waals surface area contributed by atoms with Crippen LogP contribution in [0.4, 0.5) is 4.79 Å². The third-order valence-corrected chi connectivity index (χ3v) is 4.28. The van der Waals surface area contributed by atoms with Crippen molar-refractivity contribution in [1.29, 1.82) is 0 Å². The Morgan fingerprint density at radius 2 is 1.65 bits per heavy atom. The number of benzene rings is 1. The molecule has 0 radical (unpaired) electrons. The summed E-state index contributed by atoms with van der Waals surface area (Å²) < 4.78 is 6.71. The summed E-state index contributed by atoms with van der Waals surface area (Å²) in [5.41, 5.74) is 1.31. The monoisotopic (exact) mass is 451 g/mol. The largest absolute Gasteiger partial charge is 1.00 e. The Balaban J connectivity index is 0.00000480. The molecule has 1 aromatic carbocycles. The molecule has 9 nitrogen and oxygen atoms in total. The molecule has 0 bridgehead atoms. The number of aliphatic carboxylic acids is 1. The van der Waals surface area contributed by atoms with Gasteiger partial charge in [-0.2, -0.15) is 4.57 Å². The summed E-state index contributed by atoms with van der Waals surface area (Å²) >= 11 is 0. The predicted octanol–water partition coefficient (Wildman–Crippen LogP) is -2.14. The van der Waals surface area contributed by atoms with Crippen molar-refractivity contribution in [3.05, 3.63) is 66.0 Å². The molecule has 0 fully saturated rings. The van der Waals surface area contributed by atoms with Crippen LogP contribution in [0.2, 0.25) is 0 Å². The van der Waals surface area contributed by atoms with Crippen molar-refractivity contribution in [3.8, 4) is 0 Å². The van der Waals surface area contributed by atoms with Crippen molar-refractivity contribution in [2.45, 2.75) is 45.2 Å². The second kappa shape index (κ2) is 12.5. The van der Waals surface area contributed by atoms with Gasteiger partial charge >= 0.3 is 12.1 Å². The number of amides is 2. The van der Waals surface area contributed by atoms with Gasteiger partial charge in [-0.1, -0.05) is 30.3 Å². The van der Waals surface area contributed by atoms with Gasteiger partial charge in [0.2, 0.25) is 0 Å². The Hall–Kier alpha value is -3.17. The van der Waals surface area contributed by atoms with Gasteiger partial charge < -0.3 is 38.0 Å². The second-order valence-electron chi connectivity index (χ2n) is 6.93. The van der Waals surface area contributed by atoms with Crippen molar-refractivity contribution in [2.24, 2.45) is 0 Å². The summed E-state index contributed by atoms with van der Waals surface area (Å²) in [4.78, 5) is 35.1. The maximum atomic E-state index is 12.1. The third kappa shape index (κ3) is 8.61. The predicted molar refractivity (Wildman–Crippen MR) is 106 cm³/mol. The van der Waals surface area contributed by atoms with Crippen LogP contribution < -0.4 is 27.6 Å². The number of hydrogen-bond acceptors (Lipinski definition) is 5. The molecule has 2 amide bonds. The molecule has 0 aliphatic heterocycles. The van der Waals surface area contributed by atoms with Gasteiger partial charge in [0.05, 0.1) is 11.7 Å². The number of hydrogen-bond donors (Lipinski definition) is 4. The van der Waals surface area contributed by atoms with Crippen LogP contribution in [-0.4, -0.2) is 46.4 Å². The molecule has 3 atom stereocenters. The Labute approximate surface area is 186 Å². The standard InChI is InChI=1S/C21H25N3O6.ClH/c1-14(12-16-6-4-3-5-7-16)22-21(29)30-13-24-10-8-17(9-11-24)19(26)23-18(15(2)25)20(27)28;/h3-11,14-15,18,25H,12-13H2,1-2H3,(H2-,22,23,26,27,28,29);1H/t14-,15+,18-;/m0./s1. The Morgan fingerprint density at radius 3 is 2.19 bits per heavy atom. The number of carbonyl (C=O) groups is 3. The maximum absolute atomic E-state index is 12.1. The Morgan fingerprint density at radius 1 is 1.03 bits per heavy atom. The minimum atomic E-state index is -1.41. The van der Waals surface area contributed by atoms with Crippen LogP contribution in [0.15, 0.2) is 54.9 Å². The number of aliphatic hydroxyl groups excluding tert-OH is 1. The lowest BCUT2D eigenvalue weighted by molar-refractivity contribution is -0.727. The maximum Gasteiger partial charge on any atom is 0.412 e. The third-order valence-electron chi connectivity index (χ3n) is 4.28. The molecule has 31 heavy (non-hydrogen) atoms. The average Bonchev–Trinajstić information content (AvgIpc) is 2.70. The number of carboxylic acid groups (broad SMARTS) is 1. The minimum Gasteiger partial charge on any atom is -1.00 e. The first-order valence-electron chi connectivity index (χ1n) is 9.44. The summed E-state index contributed by atoms with van der Waals surface area (Å²) in [6.45, 7) is 3.10. The molecule has 0 saturated heterocycles. The van der Waals surface area contributed by atoms with E-state index < -0.39 is 30.1 Å². The summed E-state index contributed by atoms with van der Waals surface area (Å²) in [5, 5.41) is 23.5. The lowest BCUT2D eigenvalue weighted by Gasteiger charge is -2.16. The molecule has 0 aliphatic carbocycles. The van der Waals surface area contributed by atoms with E-state index in [1.54, 1.807) is 4.57 Å². The van der Waals surface area contributed by atoms with Crippen molar-refractivity contribution < 1.29 is 46.3 Å². The van der Waals surface area contributed by atoms with E-state index in [1.807, 2.05) is 37.3 Å². The molecular formula is C21H26ClN3O6. The van der Waals surface area contributed by atoms with Crippen LogP contribution in [0.1, 0.15) is 29.8 Å². The van der Waals surface area contributed by atoms with Crippen LogP contribution in [-0.2, 0) is 22.7 Å². The quantitative estimate of drug-likeness (QED) is 0.322. The molecule has 4 N–H and O–H groups in total. The summed E-state index contributed by atoms with van der Waals surface area (Å²) in [5.74, 6) is -1.96. The summed E-state index contributed by atoms with van der Waals surface area (Å²) in [6.07, 6.45) is 1.92. The molecular weight excluding hydrogens is 426 g/mol. The number of rotatable bonds is 9. The fourth-order valence-corrected chi connectivity index (χ4v) is 2.70. The number of carbonyl (C=O) groups excluding carboxylic acids is 2. The average molecular weight is 452 g/mol. The normalized spacial score (nSPS) is 13.1. The number of pyridine rings is 1. The van der Waals surface area contributed by atoms with E-state index in [9.17, 15) is 19.5 Å². The number of carboxylic acids is 1. The fourth-order valence-electron chi connectivity index (χ4n) is 2.70. The number of halogens is 1.